The monoisotopic (exact) mass is 291 g/mol. The first-order chi connectivity index (χ1) is 9.64. The molecule has 1 fully saturated rings. The summed E-state index contributed by atoms with van der Waals surface area (Å²) in [5.74, 6) is 0.0423. The van der Waals surface area contributed by atoms with Crippen LogP contribution in [0.5, 0.6) is 5.75 Å². The Kier molecular flexibility index (Phi) is 3.70. The van der Waals surface area contributed by atoms with Gasteiger partial charge in [0.25, 0.3) is 0 Å². The summed E-state index contributed by atoms with van der Waals surface area (Å²) < 4.78 is 5.13. The second-order valence-electron chi connectivity index (χ2n) is 6.50. The van der Waals surface area contributed by atoms with Crippen molar-refractivity contribution in [3.05, 3.63) is 23.8 Å². The highest BCUT2D eigenvalue weighted by molar-refractivity contribution is 5.92. The first kappa shape index (κ1) is 15.4. The fourth-order valence-electron chi connectivity index (χ4n) is 2.32. The summed E-state index contributed by atoms with van der Waals surface area (Å²) in [7, 11) is 0. The number of phenols is 1. The molecule has 1 aliphatic carbocycles. The molecule has 0 saturated heterocycles. The number of carbonyl (C=O) groups is 2. The van der Waals surface area contributed by atoms with E-state index in [9.17, 15) is 14.7 Å². The lowest BCUT2D eigenvalue weighted by Gasteiger charge is -2.20. The van der Waals surface area contributed by atoms with E-state index in [0.717, 1.165) is 18.4 Å². The Balaban J connectivity index is 2.14. The molecule has 0 radical (unpaired) electrons. The van der Waals surface area contributed by atoms with Crippen molar-refractivity contribution in [1.82, 2.24) is 0 Å². The topological polar surface area (TPSA) is 75.6 Å². The van der Waals surface area contributed by atoms with Crippen molar-refractivity contribution in [2.24, 2.45) is 0 Å². The van der Waals surface area contributed by atoms with Gasteiger partial charge in [0.1, 0.15) is 17.1 Å². The van der Waals surface area contributed by atoms with Crippen molar-refractivity contribution < 1.29 is 19.4 Å². The molecule has 0 heterocycles. The number of ketones is 1. The van der Waals surface area contributed by atoms with Crippen LogP contribution in [0, 0.1) is 0 Å². The van der Waals surface area contributed by atoms with Gasteiger partial charge in [-0.05, 0) is 58.2 Å². The minimum absolute atomic E-state index is 0.0640. The minimum Gasteiger partial charge on any atom is -0.506 e. The van der Waals surface area contributed by atoms with Gasteiger partial charge in [0.2, 0.25) is 0 Å². The number of aromatic hydroxyl groups is 1. The molecule has 0 atom stereocenters. The molecule has 2 rings (SSSR count). The van der Waals surface area contributed by atoms with E-state index in [2.05, 4.69) is 5.32 Å². The normalized spacial score (nSPS) is 16.2. The SMILES string of the molecule is CC(=O)C1(c2ccc(NC(=O)OC(C)(C)C)c(O)c2)CC1. The zero-order valence-electron chi connectivity index (χ0n) is 12.8. The zero-order valence-corrected chi connectivity index (χ0v) is 12.8. The van der Waals surface area contributed by atoms with E-state index < -0.39 is 17.1 Å². The molecule has 114 valence electrons. The Morgan fingerprint density at radius 2 is 1.90 bits per heavy atom. The van der Waals surface area contributed by atoms with Crippen LogP contribution in [0.3, 0.4) is 0 Å². The van der Waals surface area contributed by atoms with Gasteiger partial charge >= 0.3 is 6.09 Å². The lowest BCUT2D eigenvalue weighted by molar-refractivity contribution is -0.119. The fourth-order valence-corrected chi connectivity index (χ4v) is 2.32. The maximum absolute atomic E-state index is 11.7. The number of nitrogens with one attached hydrogen (secondary N) is 1. The van der Waals surface area contributed by atoms with E-state index in [1.807, 2.05) is 0 Å². The molecule has 1 saturated carbocycles. The van der Waals surface area contributed by atoms with Gasteiger partial charge in [0, 0.05) is 0 Å². The number of carbonyl (C=O) groups excluding carboxylic acids is 2. The Morgan fingerprint density at radius 1 is 1.29 bits per heavy atom. The summed E-state index contributed by atoms with van der Waals surface area (Å²) >= 11 is 0. The van der Waals surface area contributed by atoms with Crippen LogP contribution >= 0.6 is 0 Å². The van der Waals surface area contributed by atoms with Gasteiger partial charge in [-0.25, -0.2) is 4.79 Å². The number of hydrogen-bond donors (Lipinski definition) is 2. The Hall–Kier alpha value is -2.04. The standard InChI is InChI=1S/C16H21NO4/c1-10(18)16(7-8-16)11-5-6-12(13(19)9-11)17-14(20)21-15(2,3)4/h5-6,9,19H,7-8H2,1-4H3,(H,17,20). The Labute approximate surface area is 124 Å². The van der Waals surface area contributed by atoms with Crippen molar-refractivity contribution in [2.45, 2.75) is 51.6 Å². The molecule has 0 unspecified atom stereocenters. The molecule has 5 heteroatoms. The summed E-state index contributed by atoms with van der Waals surface area (Å²) in [4.78, 5) is 23.4. The molecule has 0 spiro atoms. The molecule has 21 heavy (non-hydrogen) atoms. The molecule has 1 amide bonds. The third-order valence-electron chi connectivity index (χ3n) is 3.61. The van der Waals surface area contributed by atoms with Gasteiger partial charge in [-0.15, -0.1) is 0 Å². The predicted molar refractivity (Wildman–Crippen MR) is 79.6 cm³/mol. The summed E-state index contributed by atoms with van der Waals surface area (Å²) in [5.41, 5.74) is 0.0171. The number of hydrogen-bond acceptors (Lipinski definition) is 4. The fraction of sp³-hybridized carbons (Fsp3) is 0.500. The lowest BCUT2D eigenvalue weighted by atomic mass is 9.92. The molecule has 0 bridgehead atoms. The lowest BCUT2D eigenvalue weighted by Crippen LogP contribution is -2.27. The third-order valence-corrected chi connectivity index (χ3v) is 3.61. The first-order valence-electron chi connectivity index (χ1n) is 6.99. The summed E-state index contributed by atoms with van der Waals surface area (Å²) in [6.07, 6.45) is 0.986. The summed E-state index contributed by atoms with van der Waals surface area (Å²) in [6, 6.07) is 4.90. The number of benzene rings is 1. The molecule has 0 aromatic heterocycles. The third kappa shape index (κ3) is 3.35. The molecule has 1 aromatic carbocycles. The maximum atomic E-state index is 11.7. The van der Waals surface area contributed by atoms with Crippen molar-refractivity contribution in [3.63, 3.8) is 0 Å². The number of ether oxygens (including phenoxy) is 1. The Bertz CT molecular complexity index is 582. The number of rotatable bonds is 3. The Morgan fingerprint density at radius 3 is 2.33 bits per heavy atom. The molecule has 2 N–H and O–H groups in total. The van der Waals surface area contributed by atoms with Crippen LogP contribution in [-0.4, -0.2) is 22.6 Å². The van der Waals surface area contributed by atoms with Crippen LogP contribution in [0.15, 0.2) is 18.2 Å². The quantitative estimate of drug-likeness (QED) is 0.837. The number of phenolic OH excluding ortho intramolecular Hbond substituents is 1. The van der Waals surface area contributed by atoms with Crippen LogP contribution in [-0.2, 0) is 14.9 Å². The van der Waals surface area contributed by atoms with E-state index in [0.29, 0.717) is 0 Å². The molecule has 5 nitrogen and oxygen atoms in total. The average Bonchev–Trinajstić information content (AvgIpc) is 3.10. The van der Waals surface area contributed by atoms with Crippen LogP contribution in [0.25, 0.3) is 0 Å². The molecular weight excluding hydrogens is 270 g/mol. The highest BCUT2D eigenvalue weighted by Crippen LogP contribution is 2.50. The number of amides is 1. The van der Waals surface area contributed by atoms with E-state index in [4.69, 9.17) is 4.74 Å². The van der Waals surface area contributed by atoms with Crippen LogP contribution in [0.4, 0.5) is 10.5 Å². The smallest absolute Gasteiger partial charge is 0.412 e. The van der Waals surface area contributed by atoms with Crippen LogP contribution in [0.2, 0.25) is 0 Å². The van der Waals surface area contributed by atoms with Gasteiger partial charge < -0.3 is 9.84 Å². The van der Waals surface area contributed by atoms with E-state index in [-0.39, 0.29) is 17.2 Å². The second-order valence-corrected chi connectivity index (χ2v) is 6.50. The average molecular weight is 291 g/mol. The maximum Gasteiger partial charge on any atom is 0.412 e. The van der Waals surface area contributed by atoms with Gasteiger partial charge in [-0.2, -0.15) is 0 Å². The van der Waals surface area contributed by atoms with Crippen molar-refractivity contribution >= 4 is 17.6 Å². The largest absolute Gasteiger partial charge is 0.506 e. The highest BCUT2D eigenvalue weighted by atomic mass is 16.6. The van der Waals surface area contributed by atoms with E-state index >= 15 is 0 Å². The van der Waals surface area contributed by atoms with Gasteiger partial charge in [0.15, 0.2) is 0 Å². The summed E-state index contributed by atoms with van der Waals surface area (Å²) in [6.45, 7) is 6.86. The molecule has 0 aliphatic heterocycles. The van der Waals surface area contributed by atoms with E-state index in [1.165, 1.54) is 0 Å². The molecule has 1 aromatic rings. The van der Waals surface area contributed by atoms with Gasteiger partial charge in [0.05, 0.1) is 11.1 Å². The second kappa shape index (κ2) is 5.06. The van der Waals surface area contributed by atoms with Crippen LogP contribution in [0.1, 0.15) is 46.1 Å². The molecule has 1 aliphatic rings. The van der Waals surface area contributed by atoms with Crippen molar-refractivity contribution in [2.75, 3.05) is 5.32 Å². The summed E-state index contributed by atoms with van der Waals surface area (Å²) in [5, 5.41) is 12.5. The van der Waals surface area contributed by atoms with Gasteiger partial charge in [-0.3, -0.25) is 10.1 Å². The first-order valence-corrected chi connectivity index (χ1v) is 6.99. The number of Topliss-reactive ketones (excluding diaryl/α,β-unsaturated/α-hetero) is 1. The molecular formula is C16H21NO4. The highest BCUT2D eigenvalue weighted by Gasteiger charge is 2.48. The van der Waals surface area contributed by atoms with Crippen molar-refractivity contribution in [3.8, 4) is 5.75 Å². The number of anilines is 1. The van der Waals surface area contributed by atoms with Crippen molar-refractivity contribution in [1.29, 1.82) is 0 Å². The van der Waals surface area contributed by atoms with Crippen LogP contribution < -0.4 is 5.32 Å². The van der Waals surface area contributed by atoms with Gasteiger partial charge in [-0.1, -0.05) is 6.07 Å². The minimum atomic E-state index is -0.627. The zero-order chi connectivity index (χ0) is 15.8. The van der Waals surface area contributed by atoms with E-state index in [1.54, 1.807) is 45.9 Å². The predicted octanol–water partition coefficient (Wildman–Crippen LogP) is 3.36.